The van der Waals surface area contributed by atoms with Crippen molar-refractivity contribution < 1.29 is 4.79 Å². The van der Waals surface area contributed by atoms with Crippen LogP contribution in [0.25, 0.3) is 0 Å². The summed E-state index contributed by atoms with van der Waals surface area (Å²) < 4.78 is 0. The summed E-state index contributed by atoms with van der Waals surface area (Å²) >= 11 is 0. The molecular formula is C17H29NO. The molecule has 2 heteroatoms. The summed E-state index contributed by atoms with van der Waals surface area (Å²) in [5.41, 5.74) is 0. The standard InChI is InChI=1S/C17H29NO/c19-16-11-12-18(15-9-5-2-6-10-15)17(13-16)14-7-3-1-4-8-14/h14-15,17H,1-13H2. The van der Waals surface area contributed by atoms with E-state index in [1.54, 1.807) is 0 Å². The van der Waals surface area contributed by atoms with E-state index in [0.29, 0.717) is 11.8 Å². The van der Waals surface area contributed by atoms with Gasteiger partial charge in [0.25, 0.3) is 0 Å². The number of carbonyl (C=O) groups excluding carboxylic acids is 1. The van der Waals surface area contributed by atoms with Gasteiger partial charge in [0.2, 0.25) is 0 Å². The molecule has 2 saturated carbocycles. The van der Waals surface area contributed by atoms with Crippen molar-refractivity contribution in [3.63, 3.8) is 0 Å². The van der Waals surface area contributed by atoms with Crippen LogP contribution in [-0.2, 0) is 4.79 Å². The maximum atomic E-state index is 11.9. The Balaban J connectivity index is 1.69. The van der Waals surface area contributed by atoms with Crippen molar-refractivity contribution in [3.8, 4) is 0 Å². The zero-order valence-electron chi connectivity index (χ0n) is 12.3. The molecule has 0 radical (unpaired) electrons. The second-order valence-corrected chi connectivity index (χ2v) is 6.99. The van der Waals surface area contributed by atoms with Crippen LogP contribution < -0.4 is 0 Å². The molecular weight excluding hydrogens is 234 g/mol. The smallest absolute Gasteiger partial charge is 0.135 e. The van der Waals surface area contributed by atoms with E-state index in [-0.39, 0.29) is 0 Å². The van der Waals surface area contributed by atoms with Crippen molar-refractivity contribution in [2.45, 2.75) is 89.1 Å². The molecule has 0 aromatic rings. The molecule has 1 unspecified atom stereocenters. The number of hydrogen-bond acceptors (Lipinski definition) is 2. The molecule has 3 aliphatic rings. The Hall–Kier alpha value is -0.370. The SMILES string of the molecule is O=C1CCN(C2CCCCC2)C(C2CCCCC2)C1. The number of piperidine rings is 1. The molecule has 1 atom stereocenters. The lowest BCUT2D eigenvalue weighted by atomic mass is 9.78. The average molecular weight is 263 g/mol. The van der Waals surface area contributed by atoms with Crippen molar-refractivity contribution in [3.05, 3.63) is 0 Å². The minimum absolute atomic E-state index is 0.530. The van der Waals surface area contributed by atoms with Gasteiger partial charge < -0.3 is 0 Å². The van der Waals surface area contributed by atoms with E-state index in [2.05, 4.69) is 4.90 Å². The minimum Gasteiger partial charge on any atom is -0.300 e. The Morgan fingerprint density at radius 2 is 1.47 bits per heavy atom. The van der Waals surface area contributed by atoms with Crippen molar-refractivity contribution in [2.24, 2.45) is 5.92 Å². The summed E-state index contributed by atoms with van der Waals surface area (Å²) in [4.78, 5) is 14.7. The molecule has 0 amide bonds. The van der Waals surface area contributed by atoms with Crippen LogP contribution in [0.2, 0.25) is 0 Å². The third-order valence-electron chi connectivity index (χ3n) is 5.75. The normalized spacial score (nSPS) is 32.6. The molecule has 0 N–H and O–H groups in total. The van der Waals surface area contributed by atoms with E-state index >= 15 is 0 Å². The number of likely N-dealkylation sites (tertiary alicyclic amines) is 1. The number of Topliss-reactive ketones (excluding diaryl/α,β-unsaturated/α-hetero) is 1. The summed E-state index contributed by atoms with van der Waals surface area (Å²) in [6.45, 7) is 1.06. The highest BCUT2D eigenvalue weighted by Gasteiger charge is 2.37. The van der Waals surface area contributed by atoms with Gasteiger partial charge in [-0.25, -0.2) is 0 Å². The van der Waals surface area contributed by atoms with Crippen LogP contribution >= 0.6 is 0 Å². The third kappa shape index (κ3) is 3.21. The van der Waals surface area contributed by atoms with Gasteiger partial charge in [0, 0.05) is 31.5 Å². The first kappa shape index (κ1) is 13.6. The zero-order valence-corrected chi connectivity index (χ0v) is 12.3. The molecule has 0 aromatic heterocycles. The van der Waals surface area contributed by atoms with Crippen LogP contribution in [0.3, 0.4) is 0 Å². The van der Waals surface area contributed by atoms with Crippen LogP contribution in [0.1, 0.15) is 77.0 Å². The second-order valence-electron chi connectivity index (χ2n) is 6.99. The summed E-state index contributed by atoms with van der Waals surface area (Å²) in [6.07, 6.45) is 15.7. The van der Waals surface area contributed by atoms with Crippen LogP contribution in [0.15, 0.2) is 0 Å². The van der Waals surface area contributed by atoms with Gasteiger partial charge in [-0.1, -0.05) is 38.5 Å². The molecule has 0 aromatic carbocycles. The van der Waals surface area contributed by atoms with E-state index in [1.807, 2.05) is 0 Å². The lowest BCUT2D eigenvalue weighted by Gasteiger charge is -2.46. The predicted molar refractivity (Wildman–Crippen MR) is 78.2 cm³/mol. The molecule has 2 nitrogen and oxygen atoms in total. The zero-order chi connectivity index (χ0) is 13.1. The van der Waals surface area contributed by atoms with Crippen LogP contribution in [0.4, 0.5) is 0 Å². The summed E-state index contributed by atoms with van der Waals surface area (Å²) in [6, 6.07) is 1.40. The number of ketones is 1. The van der Waals surface area contributed by atoms with Gasteiger partial charge in [-0.3, -0.25) is 9.69 Å². The molecule has 0 spiro atoms. The highest BCUT2D eigenvalue weighted by molar-refractivity contribution is 5.80. The van der Waals surface area contributed by atoms with E-state index in [4.69, 9.17) is 0 Å². The second kappa shape index (κ2) is 6.39. The third-order valence-corrected chi connectivity index (χ3v) is 5.75. The van der Waals surface area contributed by atoms with E-state index in [9.17, 15) is 4.79 Å². The van der Waals surface area contributed by atoms with E-state index in [0.717, 1.165) is 31.3 Å². The number of nitrogens with zero attached hydrogens (tertiary/aromatic N) is 1. The molecule has 1 heterocycles. The highest BCUT2D eigenvalue weighted by Crippen LogP contribution is 2.36. The van der Waals surface area contributed by atoms with Gasteiger partial charge in [0.1, 0.15) is 5.78 Å². The molecule has 2 aliphatic carbocycles. The van der Waals surface area contributed by atoms with Crippen LogP contribution in [0.5, 0.6) is 0 Å². The largest absolute Gasteiger partial charge is 0.300 e. The first-order chi connectivity index (χ1) is 9.34. The van der Waals surface area contributed by atoms with Gasteiger partial charge in [0.15, 0.2) is 0 Å². The predicted octanol–water partition coefficient (Wildman–Crippen LogP) is 3.93. The van der Waals surface area contributed by atoms with E-state index < -0.39 is 0 Å². The first-order valence-electron chi connectivity index (χ1n) is 8.62. The Bertz CT molecular complexity index is 302. The highest BCUT2D eigenvalue weighted by atomic mass is 16.1. The topological polar surface area (TPSA) is 20.3 Å². The fourth-order valence-electron chi connectivity index (χ4n) is 4.69. The van der Waals surface area contributed by atoms with Crippen LogP contribution in [-0.4, -0.2) is 29.3 Å². The lowest BCUT2D eigenvalue weighted by molar-refractivity contribution is -0.125. The Morgan fingerprint density at radius 1 is 0.842 bits per heavy atom. The monoisotopic (exact) mass is 263 g/mol. The van der Waals surface area contributed by atoms with E-state index in [1.165, 1.54) is 64.2 Å². The van der Waals surface area contributed by atoms with Gasteiger partial charge >= 0.3 is 0 Å². The number of carbonyl (C=O) groups is 1. The molecule has 3 fully saturated rings. The maximum absolute atomic E-state index is 11.9. The molecule has 3 rings (SSSR count). The number of rotatable bonds is 2. The Labute approximate surface area is 117 Å². The Kier molecular flexibility index (Phi) is 4.57. The van der Waals surface area contributed by atoms with Gasteiger partial charge in [-0.15, -0.1) is 0 Å². The summed E-state index contributed by atoms with van der Waals surface area (Å²) in [5.74, 6) is 1.35. The van der Waals surface area contributed by atoms with Crippen LogP contribution in [0, 0.1) is 5.92 Å². The molecule has 1 saturated heterocycles. The van der Waals surface area contributed by atoms with Crippen molar-refractivity contribution >= 4 is 5.78 Å². The van der Waals surface area contributed by atoms with Crippen molar-refractivity contribution in [1.29, 1.82) is 0 Å². The maximum Gasteiger partial charge on any atom is 0.135 e. The fraction of sp³-hybridized carbons (Fsp3) is 0.941. The van der Waals surface area contributed by atoms with Gasteiger partial charge in [-0.05, 0) is 31.6 Å². The van der Waals surface area contributed by atoms with Crippen molar-refractivity contribution in [2.75, 3.05) is 6.54 Å². The number of hydrogen-bond donors (Lipinski definition) is 0. The fourth-order valence-corrected chi connectivity index (χ4v) is 4.69. The quantitative estimate of drug-likeness (QED) is 0.752. The van der Waals surface area contributed by atoms with Gasteiger partial charge in [0.05, 0.1) is 0 Å². The van der Waals surface area contributed by atoms with Gasteiger partial charge in [-0.2, -0.15) is 0 Å². The lowest BCUT2D eigenvalue weighted by Crippen LogP contribution is -2.52. The molecule has 0 bridgehead atoms. The van der Waals surface area contributed by atoms with Crippen molar-refractivity contribution in [1.82, 2.24) is 4.90 Å². The summed E-state index contributed by atoms with van der Waals surface area (Å²) in [5, 5.41) is 0. The average Bonchev–Trinajstić information content (AvgIpc) is 2.49. The summed E-state index contributed by atoms with van der Waals surface area (Å²) in [7, 11) is 0. The Morgan fingerprint density at radius 3 is 2.16 bits per heavy atom. The molecule has 19 heavy (non-hydrogen) atoms. The first-order valence-corrected chi connectivity index (χ1v) is 8.62. The molecule has 1 aliphatic heterocycles. The molecule has 108 valence electrons. The minimum atomic E-state index is 0.530.